The van der Waals surface area contributed by atoms with Crippen LogP contribution in [0.4, 0.5) is 4.39 Å². The van der Waals surface area contributed by atoms with Gasteiger partial charge in [-0.15, -0.1) is 0 Å². The summed E-state index contributed by atoms with van der Waals surface area (Å²) >= 11 is 5.81. The van der Waals surface area contributed by atoms with Crippen molar-refractivity contribution in [3.05, 3.63) is 70.5 Å². The lowest BCUT2D eigenvalue weighted by Crippen LogP contribution is -2.22. The molecule has 0 fully saturated rings. The third-order valence-electron chi connectivity index (χ3n) is 3.24. The third-order valence-corrected chi connectivity index (χ3v) is 3.53. The molecule has 0 saturated heterocycles. The lowest BCUT2D eigenvalue weighted by atomic mass is 10.0. The first-order chi connectivity index (χ1) is 9.08. The molecule has 1 N–H and O–H groups in total. The average Bonchev–Trinajstić information content (AvgIpc) is 2.42. The van der Waals surface area contributed by atoms with E-state index < -0.39 is 0 Å². The number of hydrogen-bond acceptors (Lipinski definition) is 1. The number of benzene rings is 2. The molecule has 0 saturated carbocycles. The van der Waals surface area contributed by atoms with E-state index in [-0.39, 0.29) is 22.9 Å². The predicted molar refractivity (Wildman–Crippen MR) is 77.8 cm³/mol. The Morgan fingerprint density at radius 1 is 0.947 bits per heavy atom. The van der Waals surface area contributed by atoms with Gasteiger partial charge in [-0.05, 0) is 37.1 Å². The van der Waals surface area contributed by atoms with Crippen molar-refractivity contribution >= 4 is 11.6 Å². The van der Waals surface area contributed by atoms with Gasteiger partial charge >= 0.3 is 0 Å². The van der Waals surface area contributed by atoms with Crippen molar-refractivity contribution in [2.45, 2.75) is 25.9 Å². The van der Waals surface area contributed by atoms with Crippen LogP contribution in [0, 0.1) is 5.82 Å². The summed E-state index contributed by atoms with van der Waals surface area (Å²) in [6.45, 7) is 4.15. The summed E-state index contributed by atoms with van der Waals surface area (Å²) in [7, 11) is 0. The third kappa shape index (κ3) is 3.55. The highest BCUT2D eigenvalue weighted by Crippen LogP contribution is 2.23. The van der Waals surface area contributed by atoms with Gasteiger partial charge in [0.1, 0.15) is 5.82 Å². The van der Waals surface area contributed by atoms with E-state index in [0.717, 1.165) is 5.56 Å². The molecule has 0 aliphatic heterocycles. The monoisotopic (exact) mass is 277 g/mol. The van der Waals surface area contributed by atoms with Crippen LogP contribution >= 0.6 is 11.6 Å². The van der Waals surface area contributed by atoms with E-state index in [1.54, 1.807) is 12.1 Å². The Balaban J connectivity index is 2.08. The topological polar surface area (TPSA) is 12.0 Å². The minimum absolute atomic E-state index is 0.105. The fraction of sp³-hybridized carbons (Fsp3) is 0.250. The Hall–Kier alpha value is -1.38. The van der Waals surface area contributed by atoms with E-state index in [1.807, 2.05) is 25.1 Å². The summed E-state index contributed by atoms with van der Waals surface area (Å²) in [6, 6.07) is 15.4. The molecule has 100 valence electrons. The summed E-state index contributed by atoms with van der Waals surface area (Å²) in [4.78, 5) is 0. The molecule has 0 amide bonds. The summed E-state index contributed by atoms with van der Waals surface area (Å²) in [5.74, 6) is -0.381. The van der Waals surface area contributed by atoms with Crippen molar-refractivity contribution in [1.82, 2.24) is 5.32 Å². The van der Waals surface area contributed by atoms with Crippen LogP contribution in [-0.4, -0.2) is 0 Å². The second-order valence-corrected chi connectivity index (χ2v) is 5.10. The SMILES string of the molecule is CC(N[C@@H](C)c1ccccc1)c1ccc(F)c(Cl)c1. The van der Waals surface area contributed by atoms with Crippen LogP contribution in [0.3, 0.4) is 0 Å². The first-order valence-corrected chi connectivity index (χ1v) is 6.71. The zero-order valence-corrected chi connectivity index (χ0v) is 11.8. The maximum atomic E-state index is 13.1. The molecule has 1 unspecified atom stereocenters. The van der Waals surface area contributed by atoms with Gasteiger partial charge in [0, 0.05) is 12.1 Å². The fourth-order valence-electron chi connectivity index (χ4n) is 2.09. The summed E-state index contributed by atoms with van der Waals surface area (Å²) in [5, 5.41) is 3.64. The van der Waals surface area contributed by atoms with Gasteiger partial charge < -0.3 is 5.32 Å². The Morgan fingerprint density at radius 2 is 1.58 bits per heavy atom. The molecule has 2 aromatic rings. The summed E-state index contributed by atoms with van der Waals surface area (Å²) < 4.78 is 13.1. The number of halogens is 2. The smallest absolute Gasteiger partial charge is 0.141 e. The Kier molecular flexibility index (Phi) is 4.56. The van der Waals surface area contributed by atoms with Gasteiger partial charge in [-0.2, -0.15) is 0 Å². The second-order valence-electron chi connectivity index (χ2n) is 4.69. The predicted octanol–water partition coefficient (Wildman–Crippen LogP) is 4.89. The van der Waals surface area contributed by atoms with Crippen molar-refractivity contribution in [2.24, 2.45) is 0 Å². The number of hydrogen-bond donors (Lipinski definition) is 1. The first kappa shape index (κ1) is 14.0. The molecule has 1 nitrogen and oxygen atoms in total. The molecule has 2 rings (SSSR count). The second kappa shape index (κ2) is 6.18. The molecule has 0 radical (unpaired) electrons. The van der Waals surface area contributed by atoms with Crippen molar-refractivity contribution in [1.29, 1.82) is 0 Å². The highest BCUT2D eigenvalue weighted by Gasteiger charge is 2.12. The molecule has 0 aliphatic carbocycles. The van der Waals surface area contributed by atoms with Crippen molar-refractivity contribution < 1.29 is 4.39 Å². The summed E-state index contributed by atoms with van der Waals surface area (Å²) in [5.41, 5.74) is 2.21. The number of rotatable bonds is 4. The highest BCUT2D eigenvalue weighted by molar-refractivity contribution is 6.30. The van der Waals surface area contributed by atoms with Crippen LogP contribution in [0.15, 0.2) is 48.5 Å². The highest BCUT2D eigenvalue weighted by atomic mass is 35.5. The van der Waals surface area contributed by atoms with Crippen molar-refractivity contribution in [2.75, 3.05) is 0 Å². The van der Waals surface area contributed by atoms with Gasteiger partial charge in [-0.1, -0.05) is 48.0 Å². The standard InChI is InChI=1S/C16H17ClFN/c1-11(13-6-4-3-5-7-13)19-12(2)14-8-9-16(18)15(17)10-14/h3-12,19H,1-2H3/t11-,12?/m0/s1. The van der Waals surface area contributed by atoms with E-state index in [4.69, 9.17) is 11.6 Å². The maximum Gasteiger partial charge on any atom is 0.141 e. The summed E-state index contributed by atoms with van der Waals surface area (Å²) in [6.07, 6.45) is 0. The zero-order chi connectivity index (χ0) is 13.8. The molecular weight excluding hydrogens is 261 g/mol. The molecule has 0 spiro atoms. The zero-order valence-electron chi connectivity index (χ0n) is 11.0. The molecule has 3 heteroatoms. The van der Waals surface area contributed by atoms with Gasteiger partial charge in [0.2, 0.25) is 0 Å². The molecule has 2 aromatic carbocycles. The van der Waals surface area contributed by atoms with Crippen LogP contribution in [0.25, 0.3) is 0 Å². The van der Waals surface area contributed by atoms with E-state index in [1.165, 1.54) is 11.6 Å². The van der Waals surface area contributed by atoms with Gasteiger partial charge in [-0.25, -0.2) is 4.39 Å². The Bertz CT molecular complexity index is 542. The first-order valence-electron chi connectivity index (χ1n) is 6.34. The molecule has 19 heavy (non-hydrogen) atoms. The van der Waals surface area contributed by atoms with Gasteiger partial charge in [-0.3, -0.25) is 0 Å². The minimum atomic E-state index is -0.381. The molecule has 0 aliphatic rings. The Labute approximate surface area is 118 Å². The molecule has 2 atom stereocenters. The fourth-order valence-corrected chi connectivity index (χ4v) is 2.28. The normalized spacial score (nSPS) is 14.1. The van der Waals surface area contributed by atoms with E-state index in [9.17, 15) is 4.39 Å². The van der Waals surface area contributed by atoms with Crippen LogP contribution < -0.4 is 5.32 Å². The molecular formula is C16H17ClFN. The number of nitrogens with one attached hydrogen (secondary N) is 1. The van der Waals surface area contributed by atoms with E-state index in [2.05, 4.69) is 24.4 Å². The Morgan fingerprint density at radius 3 is 2.21 bits per heavy atom. The molecule has 0 heterocycles. The average molecular weight is 278 g/mol. The van der Waals surface area contributed by atoms with E-state index in [0.29, 0.717) is 0 Å². The van der Waals surface area contributed by atoms with Crippen LogP contribution in [0.1, 0.15) is 37.1 Å². The molecule has 0 bridgehead atoms. The van der Waals surface area contributed by atoms with Crippen LogP contribution in [0.2, 0.25) is 5.02 Å². The quantitative estimate of drug-likeness (QED) is 0.839. The van der Waals surface area contributed by atoms with Crippen LogP contribution in [-0.2, 0) is 0 Å². The molecule has 0 aromatic heterocycles. The van der Waals surface area contributed by atoms with Gasteiger partial charge in [0.05, 0.1) is 5.02 Å². The minimum Gasteiger partial charge on any atom is -0.304 e. The van der Waals surface area contributed by atoms with Gasteiger partial charge in [0.15, 0.2) is 0 Å². The van der Waals surface area contributed by atoms with Crippen molar-refractivity contribution in [3.63, 3.8) is 0 Å². The van der Waals surface area contributed by atoms with E-state index >= 15 is 0 Å². The lowest BCUT2D eigenvalue weighted by Gasteiger charge is -2.21. The maximum absolute atomic E-state index is 13.1. The largest absolute Gasteiger partial charge is 0.304 e. The van der Waals surface area contributed by atoms with Crippen LogP contribution in [0.5, 0.6) is 0 Å². The lowest BCUT2D eigenvalue weighted by molar-refractivity contribution is 0.494. The van der Waals surface area contributed by atoms with Crippen molar-refractivity contribution in [3.8, 4) is 0 Å². The van der Waals surface area contributed by atoms with Gasteiger partial charge in [0.25, 0.3) is 0 Å².